The fraction of sp³-hybridized carbons (Fsp3) is 0.500. The van der Waals surface area contributed by atoms with Crippen LogP contribution >= 0.6 is 0 Å². The molecule has 0 aliphatic carbocycles. The van der Waals surface area contributed by atoms with E-state index in [9.17, 15) is 40.2 Å². The third kappa shape index (κ3) is 4.76. The zero-order valence-corrected chi connectivity index (χ0v) is 15.8. The van der Waals surface area contributed by atoms with E-state index in [1.807, 2.05) is 0 Å². The second kappa shape index (κ2) is 9.55. The van der Waals surface area contributed by atoms with E-state index in [0.717, 1.165) is 0 Å². The normalized spacial score (nSPS) is 31.8. The molecule has 2 aliphatic rings. The van der Waals surface area contributed by atoms with Crippen LogP contribution in [0.2, 0.25) is 0 Å². The molecular weight excluding hydrogens is 422 g/mol. The molecule has 1 aromatic heterocycles. The third-order valence-electron chi connectivity index (χ3n) is 4.64. The highest BCUT2D eigenvalue weighted by Gasteiger charge is 2.48. The van der Waals surface area contributed by atoms with E-state index in [1.54, 1.807) is 0 Å². The van der Waals surface area contributed by atoms with Gasteiger partial charge < -0.3 is 49.6 Å². The van der Waals surface area contributed by atoms with Gasteiger partial charge in [-0.1, -0.05) is 0 Å². The van der Waals surface area contributed by atoms with Crippen LogP contribution in [-0.4, -0.2) is 104 Å². The lowest BCUT2D eigenvalue weighted by atomic mass is 9.99. The molecule has 0 unspecified atom stereocenters. The summed E-state index contributed by atoms with van der Waals surface area (Å²) in [6.45, 7) is -1.38. The lowest BCUT2D eigenvalue weighted by molar-refractivity contribution is -0.291. The van der Waals surface area contributed by atoms with Gasteiger partial charge in [-0.2, -0.15) is 0 Å². The summed E-state index contributed by atoms with van der Waals surface area (Å²) < 4.78 is 19.9. The van der Waals surface area contributed by atoms with Crippen molar-refractivity contribution in [2.45, 2.75) is 42.9 Å². The summed E-state index contributed by atoms with van der Waals surface area (Å²) in [5, 5.41) is 59.1. The maximum atomic E-state index is 12.0. The number of carbonyl (C=O) groups excluding carboxylic acids is 2. The van der Waals surface area contributed by atoms with Crippen molar-refractivity contribution in [3.05, 3.63) is 41.6 Å². The zero-order valence-electron chi connectivity index (χ0n) is 15.8. The molecule has 0 spiro atoms. The van der Waals surface area contributed by atoms with Crippen LogP contribution < -0.4 is 0 Å². The first-order valence-electron chi connectivity index (χ1n) is 9.11. The number of rotatable bonds is 7. The van der Waals surface area contributed by atoms with E-state index in [4.69, 9.17) is 18.9 Å². The summed E-state index contributed by atoms with van der Waals surface area (Å²) in [6.07, 6.45) is -8.94. The van der Waals surface area contributed by atoms with Crippen LogP contribution in [-0.2, 0) is 23.7 Å². The SMILES string of the molecule is O=C1O[C@H]([C@@H](O)COC(=O)c2cccnc2)C(O)=C1O[C@H]1O[C@H](CO)[C@@H](O)[C@H](O)[C@H]1O. The molecule has 0 radical (unpaired) electrons. The van der Waals surface area contributed by atoms with E-state index >= 15 is 0 Å². The van der Waals surface area contributed by atoms with Crippen molar-refractivity contribution in [2.75, 3.05) is 13.2 Å². The topological polar surface area (TPSA) is 205 Å². The Kier molecular flexibility index (Phi) is 7.04. The van der Waals surface area contributed by atoms with Crippen molar-refractivity contribution in [1.29, 1.82) is 0 Å². The van der Waals surface area contributed by atoms with Gasteiger partial charge in [0.2, 0.25) is 12.0 Å². The minimum atomic E-state index is -1.84. The van der Waals surface area contributed by atoms with Crippen molar-refractivity contribution in [1.82, 2.24) is 4.98 Å². The first kappa shape index (κ1) is 22.9. The lowest BCUT2D eigenvalue weighted by Gasteiger charge is -2.39. The maximum Gasteiger partial charge on any atom is 0.378 e. The molecule has 0 aromatic carbocycles. The number of hydrogen-bond donors (Lipinski definition) is 6. The number of cyclic esters (lactones) is 1. The number of nitrogens with zero attached hydrogens (tertiary/aromatic N) is 1. The number of pyridine rings is 1. The fourth-order valence-electron chi connectivity index (χ4n) is 2.92. The number of aliphatic hydroxyl groups is 6. The van der Waals surface area contributed by atoms with Crippen molar-refractivity contribution in [3.8, 4) is 0 Å². The molecule has 0 saturated carbocycles. The minimum absolute atomic E-state index is 0.115. The second-order valence-electron chi connectivity index (χ2n) is 6.76. The van der Waals surface area contributed by atoms with Crippen LogP contribution in [0.3, 0.4) is 0 Å². The molecular formula is C18H21NO12. The lowest BCUT2D eigenvalue weighted by Crippen LogP contribution is -2.59. The summed E-state index contributed by atoms with van der Waals surface area (Å²) in [4.78, 5) is 27.7. The largest absolute Gasteiger partial charge is 0.505 e. The van der Waals surface area contributed by atoms with E-state index in [-0.39, 0.29) is 5.56 Å². The summed E-state index contributed by atoms with van der Waals surface area (Å²) in [6, 6.07) is 2.93. The number of hydrogen-bond acceptors (Lipinski definition) is 13. The maximum absolute atomic E-state index is 12.0. The number of aromatic nitrogens is 1. The van der Waals surface area contributed by atoms with Crippen LogP contribution in [0.1, 0.15) is 10.4 Å². The van der Waals surface area contributed by atoms with E-state index < -0.39 is 79.6 Å². The first-order chi connectivity index (χ1) is 14.7. The molecule has 0 amide bonds. The van der Waals surface area contributed by atoms with Gasteiger partial charge in [0.25, 0.3) is 0 Å². The predicted molar refractivity (Wildman–Crippen MR) is 94.9 cm³/mol. The van der Waals surface area contributed by atoms with Crippen LogP contribution in [0.4, 0.5) is 0 Å². The van der Waals surface area contributed by atoms with Gasteiger partial charge >= 0.3 is 11.9 Å². The molecule has 1 aromatic rings. The standard InChI is InChI=1S/C18H21NO12/c20-5-9-10(22)11(23)12(24)18(29-9)31-15-13(25)14(30-17(15)27)8(21)6-28-16(26)7-2-1-3-19-4-7/h1-4,8-12,14,18,20-25H,5-6H2/t8-,9+,10+,11-,12+,14+,18+/m0/s1. The summed E-state index contributed by atoms with van der Waals surface area (Å²) in [5.74, 6) is -3.73. The van der Waals surface area contributed by atoms with E-state index in [2.05, 4.69) is 4.98 Å². The minimum Gasteiger partial charge on any atom is -0.505 e. The van der Waals surface area contributed by atoms with Gasteiger partial charge in [0, 0.05) is 12.4 Å². The van der Waals surface area contributed by atoms with Crippen LogP contribution in [0.5, 0.6) is 0 Å². The van der Waals surface area contributed by atoms with Gasteiger partial charge in [0.15, 0.2) is 11.9 Å². The smallest absolute Gasteiger partial charge is 0.378 e. The summed E-state index contributed by atoms with van der Waals surface area (Å²) in [7, 11) is 0. The fourth-order valence-corrected chi connectivity index (χ4v) is 2.92. The van der Waals surface area contributed by atoms with Crippen LogP contribution in [0.15, 0.2) is 36.0 Å². The molecule has 1 saturated heterocycles. The molecule has 13 heteroatoms. The highest BCUT2D eigenvalue weighted by atomic mass is 16.7. The van der Waals surface area contributed by atoms with Gasteiger partial charge in [0.1, 0.15) is 37.1 Å². The average molecular weight is 443 g/mol. The first-order valence-corrected chi connectivity index (χ1v) is 9.11. The Hall–Kier alpha value is -2.81. The number of carbonyl (C=O) groups is 2. The molecule has 2 aliphatic heterocycles. The average Bonchev–Trinajstić information content (AvgIpc) is 3.06. The Balaban J connectivity index is 1.64. The van der Waals surface area contributed by atoms with E-state index in [1.165, 1.54) is 24.5 Å². The van der Waals surface area contributed by atoms with Crippen LogP contribution in [0, 0.1) is 0 Å². The van der Waals surface area contributed by atoms with E-state index in [0.29, 0.717) is 0 Å². The highest BCUT2D eigenvalue weighted by Crippen LogP contribution is 2.29. The molecule has 170 valence electrons. The third-order valence-corrected chi connectivity index (χ3v) is 4.64. The molecule has 31 heavy (non-hydrogen) atoms. The Labute approximate surface area is 174 Å². The number of aliphatic hydroxyl groups excluding tert-OH is 6. The summed E-state index contributed by atoms with van der Waals surface area (Å²) >= 11 is 0. The second-order valence-corrected chi connectivity index (χ2v) is 6.76. The highest BCUT2D eigenvalue weighted by molar-refractivity contribution is 5.90. The molecule has 3 rings (SSSR count). The zero-order chi connectivity index (χ0) is 22.7. The monoisotopic (exact) mass is 443 g/mol. The number of ether oxygens (including phenoxy) is 4. The van der Waals surface area contributed by atoms with Gasteiger partial charge in [-0.15, -0.1) is 0 Å². The Morgan fingerprint density at radius 2 is 1.97 bits per heavy atom. The van der Waals surface area contributed by atoms with Gasteiger partial charge in [-0.05, 0) is 12.1 Å². The quantitative estimate of drug-likeness (QED) is 0.234. The van der Waals surface area contributed by atoms with Gasteiger partial charge in [0.05, 0.1) is 12.2 Å². The predicted octanol–water partition coefficient (Wildman–Crippen LogP) is -2.89. The molecule has 7 atom stereocenters. The molecule has 3 heterocycles. The molecule has 13 nitrogen and oxygen atoms in total. The van der Waals surface area contributed by atoms with Gasteiger partial charge in [-0.25, -0.2) is 9.59 Å². The Morgan fingerprint density at radius 1 is 1.23 bits per heavy atom. The summed E-state index contributed by atoms with van der Waals surface area (Å²) in [5.41, 5.74) is 0.115. The molecule has 1 fully saturated rings. The van der Waals surface area contributed by atoms with Crippen LogP contribution in [0.25, 0.3) is 0 Å². The molecule has 0 bridgehead atoms. The van der Waals surface area contributed by atoms with Crippen molar-refractivity contribution >= 4 is 11.9 Å². The van der Waals surface area contributed by atoms with Gasteiger partial charge in [-0.3, -0.25) is 4.98 Å². The number of esters is 2. The Bertz CT molecular complexity index is 828. The van der Waals surface area contributed by atoms with Crippen molar-refractivity contribution < 1.29 is 59.2 Å². The van der Waals surface area contributed by atoms with Crippen molar-refractivity contribution in [3.63, 3.8) is 0 Å². The Morgan fingerprint density at radius 3 is 2.61 bits per heavy atom. The van der Waals surface area contributed by atoms with Crippen molar-refractivity contribution in [2.24, 2.45) is 0 Å². The molecule has 6 N–H and O–H groups in total.